The lowest BCUT2D eigenvalue weighted by molar-refractivity contribution is -0.127. The molecule has 2 fully saturated rings. The number of nitrogens with one attached hydrogen (secondary N) is 1. The Morgan fingerprint density at radius 2 is 2.18 bits per heavy atom. The summed E-state index contributed by atoms with van der Waals surface area (Å²) < 4.78 is 10.8. The van der Waals surface area contributed by atoms with Gasteiger partial charge >= 0.3 is 0 Å². The minimum atomic E-state index is -0.0415. The molecule has 0 radical (unpaired) electrons. The predicted molar refractivity (Wildman–Crippen MR) is 63.4 cm³/mol. The van der Waals surface area contributed by atoms with E-state index in [1.54, 1.807) is 13.0 Å². The van der Waals surface area contributed by atoms with Gasteiger partial charge in [0.25, 0.3) is 0 Å². The van der Waals surface area contributed by atoms with E-state index in [2.05, 4.69) is 17.1 Å². The summed E-state index contributed by atoms with van der Waals surface area (Å²) in [5.74, 6) is -0.0699. The van der Waals surface area contributed by atoms with Crippen molar-refractivity contribution in [1.82, 2.24) is 5.43 Å². The minimum Gasteiger partial charge on any atom is -0.349 e. The van der Waals surface area contributed by atoms with E-state index >= 15 is 0 Å². The molecule has 3 unspecified atom stereocenters. The van der Waals surface area contributed by atoms with Crippen molar-refractivity contribution in [2.75, 3.05) is 6.79 Å². The van der Waals surface area contributed by atoms with Crippen molar-refractivity contribution in [2.45, 2.75) is 38.4 Å². The zero-order valence-corrected chi connectivity index (χ0v) is 10.0. The van der Waals surface area contributed by atoms with Gasteiger partial charge in [0, 0.05) is 5.92 Å². The smallest absolute Gasteiger partial charge is 0.243 e. The zero-order valence-electron chi connectivity index (χ0n) is 10.0. The molecule has 0 aromatic carbocycles. The van der Waals surface area contributed by atoms with Crippen molar-refractivity contribution in [3.63, 3.8) is 0 Å². The van der Waals surface area contributed by atoms with Crippen LogP contribution in [0.15, 0.2) is 17.8 Å². The molecule has 1 heterocycles. The molecule has 1 aliphatic carbocycles. The standard InChI is InChI=1S/C12H18N2O3/c1-3-8(2)13-14-12(15)9-4-5-10-11(6-9)17-7-16-10/h3,9-11H,1,4-7H2,2H3,(H,14,15)/b13-8+. The van der Waals surface area contributed by atoms with E-state index in [0.717, 1.165) is 19.3 Å². The Morgan fingerprint density at radius 1 is 1.41 bits per heavy atom. The van der Waals surface area contributed by atoms with E-state index in [1.807, 2.05) is 0 Å². The molecule has 1 aliphatic heterocycles. The van der Waals surface area contributed by atoms with E-state index in [-0.39, 0.29) is 24.0 Å². The third kappa shape index (κ3) is 2.92. The van der Waals surface area contributed by atoms with Crippen LogP contribution in [0.3, 0.4) is 0 Å². The summed E-state index contributed by atoms with van der Waals surface area (Å²) in [5.41, 5.74) is 3.27. The zero-order chi connectivity index (χ0) is 12.3. The number of hydrazone groups is 1. The number of rotatable bonds is 3. The normalized spacial score (nSPS) is 33.0. The van der Waals surface area contributed by atoms with Gasteiger partial charge in [0.15, 0.2) is 0 Å². The molecule has 1 saturated heterocycles. The molecule has 5 nitrogen and oxygen atoms in total. The third-order valence-electron chi connectivity index (χ3n) is 3.30. The summed E-state index contributed by atoms with van der Waals surface area (Å²) in [6.45, 7) is 5.72. The topological polar surface area (TPSA) is 59.9 Å². The Morgan fingerprint density at radius 3 is 2.94 bits per heavy atom. The first-order valence-corrected chi connectivity index (χ1v) is 5.90. The molecule has 17 heavy (non-hydrogen) atoms. The number of allylic oxidation sites excluding steroid dienone is 1. The van der Waals surface area contributed by atoms with Gasteiger partial charge in [-0.15, -0.1) is 0 Å². The highest BCUT2D eigenvalue weighted by molar-refractivity contribution is 5.93. The van der Waals surface area contributed by atoms with Gasteiger partial charge in [-0.1, -0.05) is 6.58 Å². The van der Waals surface area contributed by atoms with E-state index in [0.29, 0.717) is 12.5 Å². The number of hydrogen-bond acceptors (Lipinski definition) is 4. The van der Waals surface area contributed by atoms with E-state index in [1.165, 1.54) is 0 Å². The fourth-order valence-corrected chi connectivity index (χ4v) is 2.20. The first kappa shape index (κ1) is 12.3. The summed E-state index contributed by atoms with van der Waals surface area (Å²) >= 11 is 0. The maximum Gasteiger partial charge on any atom is 0.243 e. The number of hydrogen-bond donors (Lipinski definition) is 1. The maximum atomic E-state index is 11.9. The van der Waals surface area contributed by atoms with Crippen LogP contribution >= 0.6 is 0 Å². The van der Waals surface area contributed by atoms with Crippen LogP contribution in [-0.2, 0) is 14.3 Å². The average Bonchev–Trinajstić information content (AvgIpc) is 2.82. The maximum absolute atomic E-state index is 11.9. The van der Waals surface area contributed by atoms with Crippen molar-refractivity contribution < 1.29 is 14.3 Å². The fraction of sp³-hybridized carbons (Fsp3) is 0.667. The van der Waals surface area contributed by atoms with Gasteiger partial charge in [-0.2, -0.15) is 5.10 Å². The van der Waals surface area contributed by atoms with Crippen molar-refractivity contribution >= 4 is 11.6 Å². The highest BCUT2D eigenvalue weighted by atomic mass is 16.7. The van der Waals surface area contributed by atoms with Crippen LogP contribution < -0.4 is 5.43 Å². The van der Waals surface area contributed by atoms with Crippen molar-refractivity contribution in [2.24, 2.45) is 11.0 Å². The second-order valence-corrected chi connectivity index (χ2v) is 4.47. The monoisotopic (exact) mass is 238 g/mol. The van der Waals surface area contributed by atoms with Gasteiger partial charge < -0.3 is 9.47 Å². The van der Waals surface area contributed by atoms with E-state index in [4.69, 9.17) is 9.47 Å². The van der Waals surface area contributed by atoms with Gasteiger partial charge in [-0.25, -0.2) is 5.43 Å². The van der Waals surface area contributed by atoms with Gasteiger partial charge in [0.1, 0.15) is 6.79 Å². The number of nitrogens with zero attached hydrogens (tertiary/aromatic N) is 1. The van der Waals surface area contributed by atoms with Crippen LogP contribution in [0, 0.1) is 5.92 Å². The summed E-state index contributed by atoms with van der Waals surface area (Å²) in [6, 6.07) is 0. The Hall–Kier alpha value is -1.20. The lowest BCUT2D eigenvalue weighted by Gasteiger charge is -2.27. The van der Waals surface area contributed by atoms with Crippen LogP contribution in [0.4, 0.5) is 0 Å². The van der Waals surface area contributed by atoms with Crippen LogP contribution in [-0.4, -0.2) is 30.6 Å². The average molecular weight is 238 g/mol. The summed E-state index contributed by atoms with van der Waals surface area (Å²) in [4.78, 5) is 11.9. The number of amides is 1. The van der Waals surface area contributed by atoms with Gasteiger partial charge in [0.2, 0.25) is 5.91 Å². The Labute approximate surface area is 101 Å². The Balaban J connectivity index is 1.86. The second kappa shape index (κ2) is 5.42. The lowest BCUT2D eigenvalue weighted by atomic mass is 9.85. The van der Waals surface area contributed by atoms with Crippen molar-refractivity contribution in [3.05, 3.63) is 12.7 Å². The van der Waals surface area contributed by atoms with Crippen LogP contribution in [0.2, 0.25) is 0 Å². The molecule has 0 aromatic rings. The number of ether oxygens (including phenoxy) is 2. The molecule has 3 atom stereocenters. The van der Waals surface area contributed by atoms with E-state index < -0.39 is 0 Å². The van der Waals surface area contributed by atoms with Gasteiger partial charge in [-0.3, -0.25) is 4.79 Å². The molecular formula is C12H18N2O3. The molecule has 0 aromatic heterocycles. The molecule has 94 valence electrons. The molecule has 1 amide bonds. The quantitative estimate of drug-likeness (QED) is 0.594. The van der Waals surface area contributed by atoms with Crippen LogP contribution in [0.25, 0.3) is 0 Å². The molecule has 1 saturated carbocycles. The lowest BCUT2D eigenvalue weighted by Crippen LogP contribution is -2.38. The molecule has 5 heteroatoms. The Bertz CT molecular complexity index is 341. The van der Waals surface area contributed by atoms with Crippen molar-refractivity contribution in [1.29, 1.82) is 0 Å². The highest BCUT2D eigenvalue weighted by Crippen LogP contribution is 2.32. The first-order chi connectivity index (χ1) is 8.20. The van der Waals surface area contributed by atoms with Crippen LogP contribution in [0.1, 0.15) is 26.2 Å². The number of fused-ring (bicyclic) bond motifs is 1. The SMILES string of the molecule is C=C/C(C)=N/NC(=O)C1CCC2OCOC2C1. The third-order valence-corrected chi connectivity index (χ3v) is 3.30. The largest absolute Gasteiger partial charge is 0.349 e. The summed E-state index contributed by atoms with van der Waals surface area (Å²) in [6.07, 6.45) is 4.29. The summed E-state index contributed by atoms with van der Waals surface area (Å²) in [5, 5.41) is 3.93. The minimum absolute atomic E-state index is 0.0284. The van der Waals surface area contributed by atoms with E-state index in [9.17, 15) is 4.79 Å². The first-order valence-electron chi connectivity index (χ1n) is 5.90. The Kier molecular flexibility index (Phi) is 3.91. The fourth-order valence-electron chi connectivity index (χ4n) is 2.20. The van der Waals surface area contributed by atoms with Gasteiger partial charge in [0.05, 0.1) is 17.9 Å². The van der Waals surface area contributed by atoms with Gasteiger partial charge in [-0.05, 0) is 32.3 Å². The molecule has 0 spiro atoms. The van der Waals surface area contributed by atoms with Crippen LogP contribution in [0.5, 0.6) is 0 Å². The summed E-state index contributed by atoms with van der Waals surface area (Å²) in [7, 11) is 0. The molecule has 2 rings (SSSR count). The molecular weight excluding hydrogens is 220 g/mol. The molecule has 0 bridgehead atoms. The highest BCUT2D eigenvalue weighted by Gasteiger charge is 2.38. The number of carbonyl (C=O) groups excluding carboxylic acids is 1. The number of carbonyl (C=O) groups is 1. The van der Waals surface area contributed by atoms with Crippen molar-refractivity contribution in [3.8, 4) is 0 Å². The predicted octanol–water partition coefficient (Wildman–Crippen LogP) is 1.21. The second-order valence-electron chi connectivity index (χ2n) is 4.47. The molecule has 1 N–H and O–H groups in total. The molecule has 2 aliphatic rings.